The third-order valence-electron chi connectivity index (χ3n) is 4.92. The lowest BCUT2D eigenvalue weighted by atomic mass is 9.93. The van der Waals surface area contributed by atoms with E-state index in [2.05, 4.69) is 6.07 Å². The highest BCUT2D eigenvalue weighted by molar-refractivity contribution is 5.98. The minimum absolute atomic E-state index is 0.0214. The van der Waals surface area contributed by atoms with E-state index in [1.807, 2.05) is 20.8 Å². The van der Waals surface area contributed by atoms with E-state index >= 15 is 0 Å². The van der Waals surface area contributed by atoms with Crippen molar-refractivity contribution in [2.24, 2.45) is 0 Å². The molecule has 0 radical (unpaired) electrons. The average molecular weight is 341 g/mol. The van der Waals surface area contributed by atoms with E-state index in [1.54, 1.807) is 25.1 Å². The van der Waals surface area contributed by atoms with Crippen LogP contribution in [0.4, 0.5) is 0 Å². The van der Waals surface area contributed by atoms with Gasteiger partial charge < -0.3 is 14.1 Å². The van der Waals surface area contributed by atoms with E-state index in [0.717, 1.165) is 46.6 Å². The Balaban J connectivity index is 2.22. The fourth-order valence-electron chi connectivity index (χ4n) is 3.55. The molecule has 0 saturated heterocycles. The first kappa shape index (κ1) is 17.6. The van der Waals surface area contributed by atoms with E-state index < -0.39 is 0 Å². The smallest absolute Gasteiger partial charge is 0.246 e. The zero-order valence-electron chi connectivity index (χ0n) is 15.9. The average Bonchev–Trinajstić information content (AvgIpc) is 2.96. The molecule has 25 heavy (non-hydrogen) atoms. The summed E-state index contributed by atoms with van der Waals surface area (Å²) in [6.45, 7) is 6.57. The van der Waals surface area contributed by atoms with E-state index in [4.69, 9.17) is 9.15 Å². The van der Waals surface area contributed by atoms with Crippen molar-refractivity contribution in [3.63, 3.8) is 0 Å². The second kappa shape index (κ2) is 6.95. The molecule has 0 spiro atoms. The van der Waals surface area contributed by atoms with Gasteiger partial charge in [0, 0.05) is 48.7 Å². The first-order chi connectivity index (χ1) is 11.9. The van der Waals surface area contributed by atoms with Gasteiger partial charge in [-0.05, 0) is 51.7 Å². The number of carbonyl (C=O) groups excluding carboxylic acids is 1. The molecule has 1 aromatic carbocycles. The molecule has 0 saturated carbocycles. The van der Waals surface area contributed by atoms with Gasteiger partial charge in [-0.3, -0.25) is 4.79 Å². The lowest BCUT2D eigenvalue weighted by molar-refractivity contribution is -0.123. The van der Waals surface area contributed by atoms with E-state index in [-0.39, 0.29) is 5.91 Å². The van der Waals surface area contributed by atoms with Crippen molar-refractivity contribution < 1.29 is 13.9 Å². The normalized spacial score (nSPS) is 14.5. The highest BCUT2D eigenvalue weighted by atomic mass is 16.5. The Kier molecular flexibility index (Phi) is 4.89. The van der Waals surface area contributed by atoms with Crippen LogP contribution in [-0.2, 0) is 17.6 Å². The van der Waals surface area contributed by atoms with E-state index in [9.17, 15) is 4.79 Å². The van der Waals surface area contributed by atoms with Crippen molar-refractivity contribution >= 4 is 22.4 Å². The third-order valence-corrected chi connectivity index (χ3v) is 4.92. The predicted molar refractivity (Wildman–Crippen MR) is 101 cm³/mol. The van der Waals surface area contributed by atoms with Crippen LogP contribution in [0, 0.1) is 6.92 Å². The molecule has 0 unspecified atom stereocenters. The Morgan fingerprint density at radius 1 is 1.32 bits per heavy atom. The maximum Gasteiger partial charge on any atom is 0.246 e. The summed E-state index contributed by atoms with van der Waals surface area (Å²) in [7, 11) is 3.52. The molecule has 3 rings (SSSR count). The molecule has 1 aliphatic carbocycles. The number of furan rings is 1. The fourth-order valence-corrected chi connectivity index (χ4v) is 3.55. The maximum absolute atomic E-state index is 12.1. The van der Waals surface area contributed by atoms with Crippen LogP contribution >= 0.6 is 0 Å². The van der Waals surface area contributed by atoms with Gasteiger partial charge in [-0.2, -0.15) is 0 Å². The van der Waals surface area contributed by atoms with Gasteiger partial charge in [0.2, 0.25) is 5.91 Å². The zero-order chi connectivity index (χ0) is 18.1. The number of hydrogen-bond acceptors (Lipinski definition) is 3. The first-order valence-corrected chi connectivity index (χ1v) is 9.04. The number of allylic oxidation sites excluding steroid dienone is 1. The molecule has 0 fully saturated rings. The second-order valence-corrected chi connectivity index (χ2v) is 6.96. The Bertz CT molecular complexity index is 843. The van der Waals surface area contributed by atoms with Gasteiger partial charge >= 0.3 is 0 Å². The van der Waals surface area contributed by atoms with Crippen molar-refractivity contribution in [2.45, 2.75) is 46.5 Å². The van der Waals surface area contributed by atoms with Crippen LogP contribution in [0.25, 0.3) is 16.5 Å². The summed E-state index contributed by atoms with van der Waals surface area (Å²) >= 11 is 0. The van der Waals surface area contributed by atoms with Crippen molar-refractivity contribution in [1.29, 1.82) is 0 Å². The highest BCUT2D eigenvalue weighted by Gasteiger charge is 2.23. The van der Waals surface area contributed by atoms with E-state index in [0.29, 0.717) is 6.61 Å². The number of nitrogens with zero attached hydrogens (tertiary/aromatic N) is 1. The molecule has 0 N–H and O–H groups in total. The SMILES string of the molecule is CCOc1c(/C(C)=C/C(=O)N(C)C)cc2c3c(oc2c1C)CCCC3. The molecule has 0 bridgehead atoms. The minimum atomic E-state index is -0.0214. The van der Waals surface area contributed by atoms with Crippen molar-refractivity contribution in [1.82, 2.24) is 4.90 Å². The summed E-state index contributed by atoms with van der Waals surface area (Å²) in [5, 5.41) is 1.18. The molecule has 0 atom stereocenters. The molecule has 134 valence electrons. The zero-order valence-corrected chi connectivity index (χ0v) is 15.9. The van der Waals surface area contributed by atoms with Crippen LogP contribution in [-0.4, -0.2) is 31.5 Å². The first-order valence-electron chi connectivity index (χ1n) is 9.04. The summed E-state index contributed by atoms with van der Waals surface area (Å²) in [6.07, 6.45) is 6.14. The van der Waals surface area contributed by atoms with Crippen LogP contribution in [0.3, 0.4) is 0 Å². The summed E-state index contributed by atoms with van der Waals surface area (Å²) in [5.74, 6) is 1.92. The van der Waals surface area contributed by atoms with E-state index in [1.165, 1.54) is 23.8 Å². The van der Waals surface area contributed by atoms with Gasteiger partial charge in [-0.25, -0.2) is 0 Å². The van der Waals surface area contributed by atoms with Crippen molar-refractivity contribution in [3.8, 4) is 5.75 Å². The lowest BCUT2D eigenvalue weighted by Gasteiger charge is -2.15. The molecular formula is C21H27NO3. The maximum atomic E-state index is 12.1. The van der Waals surface area contributed by atoms with Crippen molar-refractivity contribution in [3.05, 3.63) is 34.6 Å². The topological polar surface area (TPSA) is 42.7 Å². The third kappa shape index (κ3) is 3.17. The summed E-state index contributed by atoms with van der Waals surface area (Å²) in [5.41, 5.74) is 5.19. The van der Waals surface area contributed by atoms with Gasteiger partial charge in [0.15, 0.2) is 0 Å². The summed E-state index contributed by atoms with van der Waals surface area (Å²) < 4.78 is 12.1. The second-order valence-electron chi connectivity index (χ2n) is 6.96. The minimum Gasteiger partial charge on any atom is -0.493 e. The highest BCUT2D eigenvalue weighted by Crippen LogP contribution is 2.41. The summed E-state index contributed by atoms with van der Waals surface area (Å²) in [4.78, 5) is 13.7. The number of ether oxygens (including phenoxy) is 1. The number of rotatable bonds is 4. The van der Waals surface area contributed by atoms with Crippen LogP contribution in [0.2, 0.25) is 0 Å². The molecule has 2 aromatic rings. The van der Waals surface area contributed by atoms with Gasteiger partial charge in [-0.1, -0.05) is 0 Å². The van der Waals surface area contributed by atoms with Crippen LogP contribution in [0.1, 0.15) is 49.1 Å². The molecule has 1 amide bonds. The number of carbonyl (C=O) groups is 1. The Labute approximate surface area is 149 Å². The molecule has 4 nitrogen and oxygen atoms in total. The largest absolute Gasteiger partial charge is 0.493 e. The van der Waals surface area contributed by atoms with Crippen molar-refractivity contribution in [2.75, 3.05) is 20.7 Å². The molecule has 1 heterocycles. The summed E-state index contributed by atoms with van der Waals surface area (Å²) in [6, 6.07) is 2.15. The molecule has 1 aliphatic rings. The van der Waals surface area contributed by atoms with Crippen LogP contribution in [0.5, 0.6) is 5.75 Å². The number of benzene rings is 1. The monoisotopic (exact) mass is 341 g/mol. The molecular weight excluding hydrogens is 314 g/mol. The number of likely N-dealkylation sites (N-methyl/N-ethyl adjacent to an activating group) is 1. The number of amides is 1. The number of aryl methyl sites for hydroxylation is 3. The predicted octanol–water partition coefficient (Wildman–Crippen LogP) is 4.51. The standard InChI is InChI=1S/C21H27NO3/c1-6-24-20-14(3)21-17(15-9-7-8-10-18(15)25-21)12-16(20)13(2)11-19(23)22(4)5/h11-12H,6-10H2,1-5H3/b13-11+. The molecule has 4 heteroatoms. The molecule has 0 aliphatic heterocycles. The molecule has 1 aromatic heterocycles. The number of fused-ring (bicyclic) bond motifs is 3. The van der Waals surface area contributed by atoms with Gasteiger partial charge in [0.25, 0.3) is 0 Å². The quantitative estimate of drug-likeness (QED) is 0.769. The van der Waals surface area contributed by atoms with Gasteiger partial charge in [0.1, 0.15) is 17.1 Å². The Hall–Kier alpha value is -2.23. The van der Waals surface area contributed by atoms with Gasteiger partial charge in [0.05, 0.1) is 6.61 Å². The fraction of sp³-hybridized carbons (Fsp3) is 0.476. The Morgan fingerprint density at radius 3 is 2.72 bits per heavy atom. The van der Waals surface area contributed by atoms with Gasteiger partial charge in [-0.15, -0.1) is 0 Å². The Morgan fingerprint density at radius 2 is 2.04 bits per heavy atom. The number of hydrogen-bond donors (Lipinski definition) is 0. The lowest BCUT2D eigenvalue weighted by Crippen LogP contribution is -2.19. The van der Waals surface area contributed by atoms with Crippen LogP contribution < -0.4 is 4.74 Å². The van der Waals surface area contributed by atoms with Crippen LogP contribution in [0.15, 0.2) is 16.6 Å².